The highest BCUT2D eigenvalue weighted by atomic mass is 79.9. The third-order valence-corrected chi connectivity index (χ3v) is 4.53. The summed E-state index contributed by atoms with van der Waals surface area (Å²) in [5.41, 5.74) is 7.61. The van der Waals surface area contributed by atoms with Gasteiger partial charge in [-0.05, 0) is 42.9 Å². The van der Waals surface area contributed by atoms with Crippen molar-refractivity contribution in [1.82, 2.24) is 0 Å². The van der Waals surface area contributed by atoms with Crippen LogP contribution in [0.3, 0.4) is 0 Å². The minimum atomic E-state index is 0.0835. The molecule has 18 heavy (non-hydrogen) atoms. The molecule has 0 amide bonds. The van der Waals surface area contributed by atoms with E-state index in [2.05, 4.69) is 28.9 Å². The van der Waals surface area contributed by atoms with Gasteiger partial charge in [-0.15, -0.1) is 0 Å². The maximum Gasteiger partial charge on any atom is 0.123 e. The topological polar surface area (TPSA) is 35.2 Å². The molecule has 100 valence electrons. The van der Waals surface area contributed by atoms with E-state index in [-0.39, 0.29) is 6.04 Å². The Morgan fingerprint density at radius 1 is 1.39 bits per heavy atom. The zero-order valence-electron chi connectivity index (χ0n) is 11.2. The van der Waals surface area contributed by atoms with Gasteiger partial charge in [0.05, 0.1) is 7.11 Å². The van der Waals surface area contributed by atoms with Gasteiger partial charge in [0, 0.05) is 16.1 Å². The Hall–Kier alpha value is -0.540. The van der Waals surface area contributed by atoms with Crippen LogP contribution in [-0.2, 0) is 0 Å². The van der Waals surface area contributed by atoms with Gasteiger partial charge in [-0.2, -0.15) is 0 Å². The molecule has 3 atom stereocenters. The Bertz CT molecular complexity index is 407. The molecule has 0 saturated heterocycles. The van der Waals surface area contributed by atoms with E-state index in [1.165, 1.54) is 25.7 Å². The summed E-state index contributed by atoms with van der Waals surface area (Å²) in [6, 6.07) is 6.17. The van der Waals surface area contributed by atoms with E-state index in [9.17, 15) is 0 Å². The van der Waals surface area contributed by atoms with Crippen molar-refractivity contribution in [2.24, 2.45) is 17.6 Å². The molecule has 2 nitrogen and oxygen atoms in total. The van der Waals surface area contributed by atoms with Gasteiger partial charge >= 0.3 is 0 Å². The lowest BCUT2D eigenvalue weighted by Gasteiger charge is -2.32. The molecule has 0 spiro atoms. The molecule has 1 saturated carbocycles. The number of halogens is 1. The van der Waals surface area contributed by atoms with Crippen LogP contribution >= 0.6 is 15.9 Å². The zero-order chi connectivity index (χ0) is 13.1. The van der Waals surface area contributed by atoms with E-state index >= 15 is 0 Å². The van der Waals surface area contributed by atoms with Gasteiger partial charge in [0.25, 0.3) is 0 Å². The van der Waals surface area contributed by atoms with Crippen LogP contribution in [0.15, 0.2) is 22.7 Å². The van der Waals surface area contributed by atoms with Gasteiger partial charge in [0.2, 0.25) is 0 Å². The summed E-state index contributed by atoms with van der Waals surface area (Å²) in [4.78, 5) is 0. The molecule has 3 heteroatoms. The second-order valence-electron chi connectivity index (χ2n) is 5.44. The number of hydrogen-bond acceptors (Lipinski definition) is 2. The number of ether oxygens (including phenoxy) is 1. The lowest BCUT2D eigenvalue weighted by atomic mass is 9.77. The largest absolute Gasteiger partial charge is 0.496 e. The quantitative estimate of drug-likeness (QED) is 0.904. The average Bonchev–Trinajstić information content (AvgIpc) is 2.38. The average molecular weight is 312 g/mol. The van der Waals surface area contributed by atoms with Crippen molar-refractivity contribution in [3.05, 3.63) is 28.2 Å². The van der Waals surface area contributed by atoms with Crippen LogP contribution in [0.1, 0.15) is 44.2 Å². The smallest absolute Gasteiger partial charge is 0.123 e. The summed E-state index contributed by atoms with van der Waals surface area (Å²) in [6.45, 7) is 2.33. The van der Waals surface area contributed by atoms with Crippen molar-refractivity contribution in [2.45, 2.75) is 38.6 Å². The van der Waals surface area contributed by atoms with Crippen LogP contribution in [0.5, 0.6) is 5.75 Å². The van der Waals surface area contributed by atoms with Gasteiger partial charge < -0.3 is 10.5 Å². The lowest BCUT2D eigenvalue weighted by Crippen LogP contribution is -2.26. The third kappa shape index (κ3) is 3.07. The van der Waals surface area contributed by atoms with E-state index in [4.69, 9.17) is 10.5 Å². The molecular formula is C15H22BrNO. The first-order valence-electron chi connectivity index (χ1n) is 6.71. The highest BCUT2D eigenvalue weighted by molar-refractivity contribution is 9.10. The maximum atomic E-state index is 6.48. The van der Waals surface area contributed by atoms with E-state index in [1.54, 1.807) is 7.11 Å². The van der Waals surface area contributed by atoms with Gasteiger partial charge in [-0.1, -0.05) is 35.7 Å². The number of methoxy groups -OCH3 is 1. The van der Waals surface area contributed by atoms with Gasteiger partial charge in [-0.3, -0.25) is 0 Å². The monoisotopic (exact) mass is 311 g/mol. The molecule has 1 aliphatic carbocycles. The van der Waals surface area contributed by atoms with Crippen LogP contribution in [0.25, 0.3) is 0 Å². The lowest BCUT2D eigenvalue weighted by molar-refractivity contribution is 0.245. The van der Waals surface area contributed by atoms with Gasteiger partial charge in [-0.25, -0.2) is 0 Å². The summed E-state index contributed by atoms with van der Waals surface area (Å²) >= 11 is 3.52. The van der Waals surface area contributed by atoms with Crippen LogP contribution in [0.4, 0.5) is 0 Å². The summed E-state index contributed by atoms with van der Waals surface area (Å²) in [6.07, 6.45) is 5.12. The number of nitrogens with two attached hydrogens (primary N) is 1. The fraction of sp³-hybridized carbons (Fsp3) is 0.600. The van der Waals surface area contributed by atoms with Crippen molar-refractivity contribution in [3.63, 3.8) is 0 Å². The van der Waals surface area contributed by atoms with Crippen LogP contribution in [0, 0.1) is 11.8 Å². The van der Waals surface area contributed by atoms with Crippen molar-refractivity contribution in [2.75, 3.05) is 7.11 Å². The van der Waals surface area contributed by atoms with Crippen LogP contribution in [-0.4, -0.2) is 7.11 Å². The molecule has 1 fully saturated rings. The molecule has 0 aromatic heterocycles. The molecule has 2 N–H and O–H groups in total. The van der Waals surface area contributed by atoms with E-state index in [0.29, 0.717) is 5.92 Å². The summed E-state index contributed by atoms with van der Waals surface area (Å²) < 4.78 is 6.51. The number of rotatable bonds is 3. The first-order valence-corrected chi connectivity index (χ1v) is 7.50. The maximum absolute atomic E-state index is 6.48. The Labute approximate surface area is 118 Å². The first kappa shape index (κ1) is 13.9. The fourth-order valence-electron chi connectivity index (χ4n) is 3.03. The van der Waals surface area contributed by atoms with E-state index in [1.807, 2.05) is 12.1 Å². The SMILES string of the molecule is COc1ccc(Br)cc1C(N)C1CCCC(C)C1. The molecule has 2 rings (SSSR count). The Kier molecular flexibility index (Phi) is 4.68. The van der Waals surface area contributed by atoms with Crippen molar-refractivity contribution >= 4 is 15.9 Å². The molecule has 1 aromatic rings. The standard InChI is InChI=1S/C15H22BrNO/c1-10-4-3-5-11(8-10)15(17)13-9-12(16)6-7-14(13)18-2/h6-7,9-11,15H,3-5,8,17H2,1-2H3. The second-order valence-corrected chi connectivity index (χ2v) is 6.36. The molecule has 1 aliphatic rings. The molecule has 3 unspecified atom stereocenters. The predicted molar refractivity (Wildman–Crippen MR) is 78.7 cm³/mol. The van der Waals surface area contributed by atoms with Crippen molar-refractivity contribution in [3.8, 4) is 5.75 Å². The molecule has 0 aliphatic heterocycles. The van der Waals surface area contributed by atoms with E-state index < -0.39 is 0 Å². The molecular weight excluding hydrogens is 290 g/mol. The van der Waals surface area contributed by atoms with E-state index in [0.717, 1.165) is 21.7 Å². The number of benzene rings is 1. The fourth-order valence-corrected chi connectivity index (χ4v) is 3.41. The zero-order valence-corrected chi connectivity index (χ0v) is 12.7. The van der Waals surface area contributed by atoms with Crippen LogP contribution < -0.4 is 10.5 Å². The van der Waals surface area contributed by atoms with Gasteiger partial charge in [0.15, 0.2) is 0 Å². The molecule has 1 aromatic carbocycles. The minimum Gasteiger partial charge on any atom is -0.496 e. The van der Waals surface area contributed by atoms with Gasteiger partial charge in [0.1, 0.15) is 5.75 Å². The minimum absolute atomic E-state index is 0.0835. The Morgan fingerprint density at radius 3 is 2.83 bits per heavy atom. The van der Waals surface area contributed by atoms with Crippen LogP contribution in [0.2, 0.25) is 0 Å². The number of hydrogen-bond donors (Lipinski definition) is 1. The summed E-state index contributed by atoms with van der Waals surface area (Å²) in [7, 11) is 1.71. The van der Waals surface area contributed by atoms with Crippen molar-refractivity contribution < 1.29 is 4.74 Å². The Balaban J connectivity index is 2.21. The predicted octanol–water partition coefficient (Wildman–Crippen LogP) is 4.28. The normalized spacial score (nSPS) is 25.8. The second kappa shape index (κ2) is 6.07. The highest BCUT2D eigenvalue weighted by Gasteiger charge is 2.27. The molecule has 0 bridgehead atoms. The Morgan fingerprint density at radius 2 is 2.17 bits per heavy atom. The molecule has 0 heterocycles. The highest BCUT2D eigenvalue weighted by Crippen LogP contribution is 2.39. The molecule has 0 radical (unpaired) electrons. The van der Waals surface area contributed by atoms with Crippen molar-refractivity contribution in [1.29, 1.82) is 0 Å². The first-order chi connectivity index (χ1) is 8.61. The summed E-state index contributed by atoms with van der Waals surface area (Å²) in [5.74, 6) is 2.29. The summed E-state index contributed by atoms with van der Waals surface area (Å²) in [5, 5.41) is 0. The third-order valence-electron chi connectivity index (χ3n) is 4.04.